The van der Waals surface area contributed by atoms with Gasteiger partial charge in [-0.1, -0.05) is 72.8 Å². The second kappa shape index (κ2) is 9.89. The Morgan fingerprint density at radius 2 is 1.38 bits per heavy atom. The van der Waals surface area contributed by atoms with Crippen molar-refractivity contribution in [1.29, 1.82) is 0 Å². The van der Waals surface area contributed by atoms with E-state index in [9.17, 15) is 0 Å². The van der Waals surface area contributed by atoms with Crippen LogP contribution in [0.15, 0.2) is 78.9 Å². The second-order valence-corrected chi connectivity index (χ2v) is 9.48. The number of piperazine rings is 1. The Kier molecular flexibility index (Phi) is 6.56. The molecule has 1 fully saturated rings. The normalized spacial score (nSPS) is 19.2. The third-order valence-electron chi connectivity index (χ3n) is 7.25. The standard InChI is InChI=1S/C29H35N3/c1-30-17-19-31(20-18-30)29-14-8-13-26-15-16-27(21-28(26)29)32(22-24-9-4-2-5-10-24)23-25-11-6-3-7-12-25/h2-14,27H,15-23H2,1H3. The van der Waals surface area contributed by atoms with Gasteiger partial charge in [-0.25, -0.2) is 0 Å². The van der Waals surface area contributed by atoms with Crippen molar-refractivity contribution in [2.45, 2.75) is 38.4 Å². The zero-order chi connectivity index (χ0) is 21.8. The molecule has 0 aromatic heterocycles. The quantitative estimate of drug-likeness (QED) is 0.550. The van der Waals surface area contributed by atoms with E-state index >= 15 is 0 Å². The van der Waals surface area contributed by atoms with Crippen LogP contribution >= 0.6 is 0 Å². The molecule has 0 amide bonds. The smallest absolute Gasteiger partial charge is 0.0403 e. The van der Waals surface area contributed by atoms with E-state index in [1.807, 2.05) is 0 Å². The molecule has 1 aliphatic carbocycles. The molecule has 0 saturated carbocycles. The first-order valence-electron chi connectivity index (χ1n) is 12.1. The van der Waals surface area contributed by atoms with E-state index in [4.69, 9.17) is 0 Å². The van der Waals surface area contributed by atoms with Gasteiger partial charge in [0.15, 0.2) is 0 Å². The second-order valence-electron chi connectivity index (χ2n) is 9.48. The molecular weight excluding hydrogens is 390 g/mol. The van der Waals surface area contributed by atoms with Gasteiger partial charge in [-0.3, -0.25) is 4.90 Å². The number of benzene rings is 3. The molecule has 1 unspecified atom stereocenters. The third-order valence-corrected chi connectivity index (χ3v) is 7.25. The van der Waals surface area contributed by atoms with E-state index in [0.717, 1.165) is 45.7 Å². The average molecular weight is 426 g/mol. The van der Waals surface area contributed by atoms with Crippen molar-refractivity contribution in [2.24, 2.45) is 0 Å². The Bertz CT molecular complexity index is 952. The maximum absolute atomic E-state index is 2.72. The first-order valence-corrected chi connectivity index (χ1v) is 12.1. The summed E-state index contributed by atoms with van der Waals surface area (Å²) in [7, 11) is 2.23. The van der Waals surface area contributed by atoms with Crippen LogP contribution in [-0.2, 0) is 25.9 Å². The van der Waals surface area contributed by atoms with Crippen molar-refractivity contribution in [2.75, 3.05) is 38.1 Å². The molecule has 3 nitrogen and oxygen atoms in total. The molecule has 5 rings (SSSR count). The van der Waals surface area contributed by atoms with Crippen LogP contribution in [0.25, 0.3) is 0 Å². The van der Waals surface area contributed by atoms with Gasteiger partial charge in [-0.15, -0.1) is 0 Å². The summed E-state index contributed by atoms with van der Waals surface area (Å²) in [6.07, 6.45) is 3.57. The van der Waals surface area contributed by atoms with Gasteiger partial charge in [0.05, 0.1) is 0 Å². The van der Waals surface area contributed by atoms with Gasteiger partial charge < -0.3 is 9.80 Å². The third kappa shape index (κ3) is 4.90. The summed E-state index contributed by atoms with van der Waals surface area (Å²) in [5.74, 6) is 0. The molecule has 0 N–H and O–H groups in total. The highest BCUT2D eigenvalue weighted by molar-refractivity contribution is 5.58. The molecule has 2 aliphatic rings. The first-order chi connectivity index (χ1) is 15.8. The molecular formula is C29H35N3. The fourth-order valence-electron chi connectivity index (χ4n) is 5.36. The summed E-state index contributed by atoms with van der Waals surface area (Å²) in [4.78, 5) is 7.78. The lowest BCUT2D eigenvalue weighted by Crippen LogP contribution is -2.45. The summed E-state index contributed by atoms with van der Waals surface area (Å²) in [6, 6.07) is 29.5. The van der Waals surface area contributed by atoms with E-state index in [-0.39, 0.29) is 0 Å². The van der Waals surface area contributed by atoms with E-state index in [2.05, 4.69) is 101 Å². The molecule has 3 aromatic carbocycles. The highest BCUT2D eigenvalue weighted by Gasteiger charge is 2.28. The lowest BCUT2D eigenvalue weighted by atomic mass is 9.85. The zero-order valence-corrected chi connectivity index (χ0v) is 19.3. The van der Waals surface area contributed by atoms with Crippen LogP contribution in [0.5, 0.6) is 0 Å². The van der Waals surface area contributed by atoms with E-state index < -0.39 is 0 Å². The minimum absolute atomic E-state index is 0.566. The predicted molar refractivity (Wildman–Crippen MR) is 134 cm³/mol. The largest absolute Gasteiger partial charge is 0.369 e. The van der Waals surface area contributed by atoms with Crippen LogP contribution in [0.3, 0.4) is 0 Å². The van der Waals surface area contributed by atoms with Gasteiger partial charge in [0.2, 0.25) is 0 Å². The molecule has 0 radical (unpaired) electrons. The number of anilines is 1. The van der Waals surface area contributed by atoms with Crippen LogP contribution in [-0.4, -0.2) is 49.1 Å². The Hall–Kier alpha value is -2.62. The van der Waals surface area contributed by atoms with Crippen molar-refractivity contribution in [1.82, 2.24) is 9.80 Å². The molecule has 3 aromatic rings. The Morgan fingerprint density at radius 3 is 2.00 bits per heavy atom. The molecule has 3 heteroatoms. The number of rotatable bonds is 6. The first kappa shape index (κ1) is 21.2. The van der Waals surface area contributed by atoms with Gasteiger partial charge >= 0.3 is 0 Å². The SMILES string of the molecule is CN1CCN(c2cccc3c2CC(N(Cc2ccccc2)Cc2ccccc2)CC3)CC1. The van der Waals surface area contributed by atoms with Gasteiger partial charge in [0, 0.05) is 51.0 Å². The number of nitrogens with zero attached hydrogens (tertiary/aromatic N) is 3. The maximum atomic E-state index is 2.72. The van der Waals surface area contributed by atoms with Crippen molar-refractivity contribution >= 4 is 5.69 Å². The topological polar surface area (TPSA) is 9.72 Å². The van der Waals surface area contributed by atoms with E-state index in [1.165, 1.54) is 29.7 Å². The number of fused-ring (bicyclic) bond motifs is 1. The van der Waals surface area contributed by atoms with Gasteiger partial charge in [-0.05, 0) is 54.6 Å². The lowest BCUT2D eigenvalue weighted by Gasteiger charge is -2.39. The number of aryl methyl sites for hydroxylation is 1. The van der Waals surface area contributed by atoms with Gasteiger partial charge in [-0.2, -0.15) is 0 Å². The maximum Gasteiger partial charge on any atom is 0.0403 e. The summed E-state index contributed by atoms with van der Waals surface area (Å²) < 4.78 is 0. The summed E-state index contributed by atoms with van der Waals surface area (Å²) in [5, 5.41) is 0. The molecule has 0 bridgehead atoms. The lowest BCUT2D eigenvalue weighted by molar-refractivity contribution is 0.162. The molecule has 0 spiro atoms. The Morgan fingerprint density at radius 1 is 0.750 bits per heavy atom. The highest BCUT2D eigenvalue weighted by atomic mass is 15.2. The number of likely N-dealkylation sites (N-methyl/N-ethyl adjacent to an activating group) is 1. The Labute approximate surface area is 193 Å². The number of hydrogen-bond donors (Lipinski definition) is 0. The van der Waals surface area contributed by atoms with E-state index in [0.29, 0.717) is 6.04 Å². The predicted octanol–water partition coefficient (Wildman–Crippen LogP) is 5.00. The molecule has 32 heavy (non-hydrogen) atoms. The number of hydrogen-bond acceptors (Lipinski definition) is 3. The van der Waals surface area contributed by atoms with Crippen molar-refractivity contribution in [3.05, 3.63) is 101 Å². The Balaban J connectivity index is 1.40. The molecule has 1 atom stereocenters. The molecule has 1 heterocycles. The van der Waals surface area contributed by atoms with Crippen LogP contribution in [0.2, 0.25) is 0 Å². The minimum Gasteiger partial charge on any atom is -0.369 e. The van der Waals surface area contributed by atoms with E-state index in [1.54, 1.807) is 11.1 Å². The summed E-state index contributed by atoms with van der Waals surface area (Å²) in [5.41, 5.74) is 7.46. The summed E-state index contributed by atoms with van der Waals surface area (Å²) in [6.45, 7) is 6.59. The molecule has 166 valence electrons. The molecule has 1 saturated heterocycles. The fraction of sp³-hybridized carbons (Fsp3) is 0.379. The van der Waals surface area contributed by atoms with Crippen LogP contribution in [0, 0.1) is 0 Å². The van der Waals surface area contributed by atoms with Crippen LogP contribution in [0.1, 0.15) is 28.7 Å². The highest BCUT2D eigenvalue weighted by Crippen LogP contribution is 2.34. The van der Waals surface area contributed by atoms with Crippen molar-refractivity contribution < 1.29 is 0 Å². The van der Waals surface area contributed by atoms with Crippen molar-refractivity contribution in [3.8, 4) is 0 Å². The van der Waals surface area contributed by atoms with Crippen LogP contribution < -0.4 is 4.90 Å². The zero-order valence-electron chi connectivity index (χ0n) is 19.3. The fourth-order valence-corrected chi connectivity index (χ4v) is 5.36. The molecule has 1 aliphatic heterocycles. The monoisotopic (exact) mass is 425 g/mol. The van der Waals surface area contributed by atoms with Crippen molar-refractivity contribution in [3.63, 3.8) is 0 Å². The van der Waals surface area contributed by atoms with Crippen LogP contribution in [0.4, 0.5) is 5.69 Å². The van der Waals surface area contributed by atoms with Gasteiger partial charge in [0.25, 0.3) is 0 Å². The summed E-state index contributed by atoms with van der Waals surface area (Å²) >= 11 is 0. The minimum atomic E-state index is 0.566. The average Bonchev–Trinajstić information content (AvgIpc) is 2.85. The van der Waals surface area contributed by atoms with Gasteiger partial charge in [0.1, 0.15) is 0 Å².